The Morgan fingerprint density at radius 1 is 0.892 bits per heavy atom. The van der Waals surface area contributed by atoms with Crippen LogP contribution in [-0.2, 0) is 17.8 Å². The predicted molar refractivity (Wildman–Crippen MR) is 147 cm³/mol. The third-order valence-corrected chi connectivity index (χ3v) is 6.79. The highest BCUT2D eigenvalue weighted by atomic mass is 32.1. The fraction of sp³-hybridized carbons (Fsp3) is 0.379. The first kappa shape index (κ1) is 28.1. The number of carbonyl (C=O) groups is 2. The molecule has 0 unspecified atom stereocenters. The number of ether oxygens (including phenoxy) is 3. The van der Waals surface area contributed by atoms with Crippen LogP contribution in [0.5, 0.6) is 17.2 Å². The number of amides is 2. The molecule has 0 atom stereocenters. The van der Waals surface area contributed by atoms with Crippen LogP contribution in [0.2, 0.25) is 0 Å². The second-order valence-electron chi connectivity index (χ2n) is 9.14. The van der Waals surface area contributed by atoms with Gasteiger partial charge in [0, 0.05) is 23.5 Å². The van der Waals surface area contributed by atoms with Crippen molar-refractivity contribution in [3.05, 3.63) is 76.0 Å². The maximum Gasteiger partial charge on any atom is 0.254 e. The molecule has 0 saturated carbocycles. The van der Waals surface area contributed by atoms with E-state index in [4.69, 9.17) is 14.2 Å². The van der Waals surface area contributed by atoms with Gasteiger partial charge in [-0.05, 0) is 65.7 Å². The number of thiophene rings is 1. The van der Waals surface area contributed by atoms with Crippen LogP contribution >= 0.6 is 11.3 Å². The molecule has 0 fully saturated rings. The molecule has 1 heterocycles. The highest BCUT2D eigenvalue weighted by Crippen LogP contribution is 2.28. The molecule has 1 aromatic heterocycles. The van der Waals surface area contributed by atoms with Crippen molar-refractivity contribution in [2.45, 2.75) is 26.8 Å². The molecule has 7 nitrogen and oxygen atoms in total. The first-order valence-electron chi connectivity index (χ1n) is 12.3. The van der Waals surface area contributed by atoms with Crippen LogP contribution < -0.4 is 14.2 Å². The Morgan fingerprint density at radius 2 is 1.62 bits per heavy atom. The molecular weight excluding hydrogens is 488 g/mol. The molecule has 0 aliphatic carbocycles. The van der Waals surface area contributed by atoms with Crippen molar-refractivity contribution in [3.63, 3.8) is 0 Å². The zero-order chi connectivity index (χ0) is 26.8. The Bertz CT molecular complexity index is 1150. The molecule has 0 aliphatic heterocycles. The summed E-state index contributed by atoms with van der Waals surface area (Å²) in [6.45, 7) is 5.59. The fourth-order valence-electron chi connectivity index (χ4n) is 4.02. The van der Waals surface area contributed by atoms with Crippen LogP contribution in [0.4, 0.5) is 0 Å². The van der Waals surface area contributed by atoms with Gasteiger partial charge in [0.15, 0.2) is 11.5 Å². The molecule has 37 heavy (non-hydrogen) atoms. The van der Waals surface area contributed by atoms with Crippen LogP contribution in [-0.4, -0.2) is 62.6 Å². The van der Waals surface area contributed by atoms with Crippen molar-refractivity contribution in [1.82, 2.24) is 9.80 Å². The van der Waals surface area contributed by atoms with E-state index in [0.29, 0.717) is 48.9 Å². The lowest BCUT2D eigenvalue weighted by molar-refractivity contribution is -0.132. The summed E-state index contributed by atoms with van der Waals surface area (Å²) in [7, 11) is 4.80. The Kier molecular flexibility index (Phi) is 10.4. The van der Waals surface area contributed by atoms with Gasteiger partial charge in [0.05, 0.1) is 27.9 Å². The maximum atomic E-state index is 13.6. The van der Waals surface area contributed by atoms with E-state index in [1.807, 2.05) is 54.5 Å². The van der Waals surface area contributed by atoms with Crippen molar-refractivity contribution in [3.8, 4) is 17.2 Å². The van der Waals surface area contributed by atoms with Gasteiger partial charge >= 0.3 is 0 Å². The zero-order valence-electron chi connectivity index (χ0n) is 22.2. The van der Waals surface area contributed by atoms with Crippen molar-refractivity contribution in [2.24, 2.45) is 5.92 Å². The van der Waals surface area contributed by atoms with E-state index in [1.165, 1.54) is 0 Å². The van der Waals surface area contributed by atoms with Gasteiger partial charge < -0.3 is 24.0 Å². The van der Waals surface area contributed by atoms with Gasteiger partial charge in [0.25, 0.3) is 5.91 Å². The monoisotopic (exact) mass is 524 g/mol. The molecule has 0 N–H and O–H groups in total. The predicted octanol–water partition coefficient (Wildman–Crippen LogP) is 5.14. The minimum absolute atomic E-state index is 0.0142. The van der Waals surface area contributed by atoms with E-state index < -0.39 is 0 Å². The largest absolute Gasteiger partial charge is 0.497 e. The average molecular weight is 525 g/mol. The quantitative estimate of drug-likeness (QED) is 0.310. The Morgan fingerprint density at radius 3 is 2.22 bits per heavy atom. The van der Waals surface area contributed by atoms with E-state index in [0.717, 1.165) is 10.4 Å². The van der Waals surface area contributed by atoms with Crippen molar-refractivity contribution >= 4 is 23.2 Å². The third-order valence-electron chi connectivity index (χ3n) is 5.93. The van der Waals surface area contributed by atoms with Gasteiger partial charge in [-0.3, -0.25) is 9.59 Å². The fourth-order valence-corrected chi connectivity index (χ4v) is 4.74. The van der Waals surface area contributed by atoms with Gasteiger partial charge in [0.1, 0.15) is 12.3 Å². The third kappa shape index (κ3) is 7.98. The maximum absolute atomic E-state index is 13.6. The SMILES string of the molecule is COc1ccc(C(=O)N(CC(=O)N(CCc2ccc(OC)c(OC)c2)Cc2cccs2)CC(C)C)cc1. The zero-order valence-corrected chi connectivity index (χ0v) is 23.0. The summed E-state index contributed by atoms with van der Waals surface area (Å²) in [6.07, 6.45) is 0.647. The minimum atomic E-state index is -0.166. The summed E-state index contributed by atoms with van der Waals surface area (Å²) in [4.78, 5) is 31.5. The van der Waals surface area contributed by atoms with Crippen LogP contribution in [0.15, 0.2) is 60.0 Å². The highest BCUT2D eigenvalue weighted by Gasteiger charge is 2.24. The Labute approximate surface area is 223 Å². The van der Waals surface area contributed by atoms with Crippen molar-refractivity contribution in [1.29, 1.82) is 0 Å². The van der Waals surface area contributed by atoms with Crippen LogP contribution in [0, 0.1) is 5.92 Å². The first-order valence-corrected chi connectivity index (χ1v) is 13.2. The summed E-state index contributed by atoms with van der Waals surface area (Å²) in [5, 5.41) is 2.00. The second kappa shape index (κ2) is 13.7. The number of rotatable bonds is 13. The number of methoxy groups -OCH3 is 3. The van der Waals surface area contributed by atoms with Crippen molar-refractivity contribution in [2.75, 3.05) is 41.0 Å². The van der Waals surface area contributed by atoms with Gasteiger partial charge in [-0.25, -0.2) is 0 Å². The molecular formula is C29H36N2O5S. The van der Waals surface area contributed by atoms with Gasteiger partial charge in [-0.1, -0.05) is 26.0 Å². The number of hydrogen-bond acceptors (Lipinski definition) is 6. The first-order chi connectivity index (χ1) is 17.8. The molecule has 0 saturated heterocycles. The molecule has 2 amide bonds. The topological polar surface area (TPSA) is 68.3 Å². The molecule has 3 rings (SSSR count). The molecule has 0 aliphatic rings. The van der Waals surface area contributed by atoms with Crippen LogP contribution in [0.1, 0.15) is 34.6 Å². The van der Waals surface area contributed by atoms with Crippen LogP contribution in [0.3, 0.4) is 0 Å². The summed E-state index contributed by atoms with van der Waals surface area (Å²) in [6, 6.07) is 16.8. The lowest BCUT2D eigenvalue weighted by atomic mass is 10.1. The lowest BCUT2D eigenvalue weighted by Gasteiger charge is -2.29. The number of nitrogens with zero attached hydrogens (tertiary/aromatic N) is 2. The molecule has 0 bridgehead atoms. The van der Waals surface area contributed by atoms with Gasteiger partial charge in [0.2, 0.25) is 5.91 Å². The normalized spacial score (nSPS) is 10.8. The summed E-state index contributed by atoms with van der Waals surface area (Å²) >= 11 is 1.61. The van der Waals surface area contributed by atoms with E-state index >= 15 is 0 Å². The Balaban J connectivity index is 1.77. The average Bonchev–Trinajstić information content (AvgIpc) is 3.43. The number of carbonyl (C=O) groups excluding carboxylic acids is 2. The molecule has 198 valence electrons. The van der Waals surface area contributed by atoms with E-state index in [2.05, 4.69) is 0 Å². The summed E-state index contributed by atoms with van der Waals surface area (Å²) in [5.74, 6) is 1.97. The highest BCUT2D eigenvalue weighted by molar-refractivity contribution is 7.09. The second-order valence-corrected chi connectivity index (χ2v) is 10.2. The molecule has 8 heteroatoms. The smallest absolute Gasteiger partial charge is 0.254 e. The van der Waals surface area contributed by atoms with Crippen molar-refractivity contribution < 1.29 is 23.8 Å². The molecule has 0 spiro atoms. The van der Waals surface area contributed by atoms with Gasteiger partial charge in [-0.2, -0.15) is 0 Å². The summed E-state index contributed by atoms with van der Waals surface area (Å²) in [5.41, 5.74) is 1.57. The molecule has 0 radical (unpaired) electrons. The summed E-state index contributed by atoms with van der Waals surface area (Å²) < 4.78 is 16.0. The van der Waals surface area contributed by atoms with Gasteiger partial charge in [-0.15, -0.1) is 11.3 Å². The van der Waals surface area contributed by atoms with E-state index in [9.17, 15) is 9.59 Å². The molecule has 3 aromatic rings. The van der Waals surface area contributed by atoms with Crippen LogP contribution in [0.25, 0.3) is 0 Å². The number of benzene rings is 2. The van der Waals surface area contributed by atoms with E-state index in [1.54, 1.807) is 61.8 Å². The standard InChI is InChI=1S/C29H36N2O5S/c1-21(2)18-31(29(33)23-9-11-24(34-3)12-10-23)20-28(32)30(19-25-7-6-16-37-25)15-14-22-8-13-26(35-4)27(17-22)36-5/h6-13,16-17,21H,14-15,18-20H2,1-5H3. The Hall–Kier alpha value is -3.52. The van der Waals surface area contributed by atoms with E-state index in [-0.39, 0.29) is 24.3 Å². The molecule has 2 aromatic carbocycles. The number of hydrogen-bond donors (Lipinski definition) is 0. The lowest BCUT2D eigenvalue weighted by Crippen LogP contribution is -2.44. The minimum Gasteiger partial charge on any atom is -0.497 e.